The van der Waals surface area contributed by atoms with Gasteiger partial charge in [0.1, 0.15) is 23.1 Å². The normalized spacial score (nSPS) is 10.3. The highest BCUT2D eigenvalue weighted by atomic mass is 19.1. The lowest BCUT2D eigenvalue weighted by Gasteiger charge is -2.20. The molecule has 1 aromatic heterocycles. The molecule has 108 valence electrons. The summed E-state index contributed by atoms with van der Waals surface area (Å²) in [6, 6.07) is 4.67. The molecule has 1 aromatic carbocycles. The minimum Gasteiger partial charge on any atom is -0.274 e. The summed E-state index contributed by atoms with van der Waals surface area (Å²) in [5, 5.41) is 2.74. The topological polar surface area (TPSA) is 62.6 Å². The highest BCUT2D eigenvalue weighted by molar-refractivity contribution is 5.98. The molecule has 0 saturated carbocycles. The van der Waals surface area contributed by atoms with Crippen LogP contribution in [0.5, 0.6) is 0 Å². The lowest BCUT2D eigenvalue weighted by molar-refractivity contribution is -0.115. The first-order valence-electron chi connectivity index (χ1n) is 5.99. The van der Waals surface area contributed by atoms with E-state index < -0.39 is 17.5 Å². The zero-order chi connectivity index (χ0) is 15.6. The predicted octanol–water partition coefficient (Wildman–Crippen LogP) is 3.75. The van der Waals surface area contributed by atoms with Gasteiger partial charge in [0.05, 0.1) is 5.69 Å². The number of hydrogen-bond donors (Lipinski definition) is 0. The maximum atomic E-state index is 13.7. The van der Waals surface area contributed by atoms with Crippen molar-refractivity contribution in [1.29, 1.82) is 0 Å². The van der Waals surface area contributed by atoms with Crippen molar-refractivity contribution < 1.29 is 13.6 Å². The Morgan fingerprint density at radius 1 is 1.24 bits per heavy atom. The van der Waals surface area contributed by atoms with Gasteiger partial charge in [-0.2, -0.15) is 0 Å². The van der Waals surface area contributed by atoms with Gasteiger partial charge in [0, 0.05) is 24.8 Å². The van der Waals surface area contributed by atoms with Crippen molar-refractivity contribution >= 4 is 23.1 Å². The van der Waals surface area contributed by atoms with Crippen molar-refractivity contribution in [1.82, 2.24) is 4.98 Å². The number of anilines is 2. The van der Waals surface area contributed by atoms with Crippen LogP contribution in [0.2, 0.25) is 0 Å². The summed E-state index contributed by atoms with van der Waals surface area (Å²) < 4.78 is 27.3. The molecule has 1 heterocycles. The molecule has 0 aliphatic heterocycles. The third kappa shape index (κ3) is 2.91. The van der Waals surface area contributed by atoms with Gasteiger partial charge < -0.3 is 0 Å². The average Bonchev–Trinajstić information content (AvgIpc) is 2.44. The second kappa shape index (κ2) is 5.74. The molecule has 2 rings (SSSR count). The molecule has 0 aliphatic carbocycles. The number of nitrogens with zero attached hydrogens (tertiary/aromatic N) is 3. The smallest absolute Gasteiger partial charge is 0.229 e. The van der Waals surface area contributed by atoms with E-state index in [4.69, 9.17) is 0 Å². The lowest BCUT2D eigenvalue weighted by Crippen LogP contribution is -2.24. The third-order valence-electron chi connectivity index (χ3n) is 2.90. The van der Waals surface area contributed by atoms with E-state index in [1.807, 2.05) is 0 Å². The van der Waals surface area contributed by atoms with Crippen LogP contribution in [0.25, 0.3) is 0 Å². The van der Waals surface area contributed by atoms with E-state index in [0.29, 0.717) is 0 Å². The van der Waals surface area contributed by atoms with Crippen LogP contribution < -0.4 is 4.90 Å². The summed E-state index contributed by atoms with van der Waals surface area (Å²) in [5.74, 6) is -2.00. The first kappa shape index (κ1) is 14.7. The van der Waals surface area contributed by atoms with Gasteiger partial charge in [0.25, 0.3) is 0 Å². The molecule has 0 fully saturated rings. The van der Waals surface area contributed by atoms with Gasteiger partial charge in [-0.3, -0.25) is 9.69 Å². The van der Waals surface area contributed by atoms with Crippen LogP contribution in [0, 0.1) is 23.5 Å². The van der Waals surface area contributed by atoms with Gasteiger partial charge in [-0.25, -0.2) is 13.8 Å². The van der Waals surface area contributed by atoms with Crippen LogP contribution in [0.3, 0.4) is 0 Å². The SMILES string of the molecule is CC(=O)N(c1cc(F)c(C)c(F)c1)c1cc(N=O)ccn1. The Morgan fingerprint density at radius 2 is 1.86 bits per heavy atom. The standard InChI is InChI=1S/C14H11F2N3O2/c1-8-12(15)6-11(7-13(8)16)19(9(2)20)14-5-10(18-21)3-4-17-14/h3-7H,1-2H3. The van der Waals surface area contributed by atoms with E-state index in [1.165, 1.54) is 32.2 Å². The number of nitroso groups, excluding NO2 is 1. The van der Waals surface area contributed by atoms with E-state index >= 15 is 0 Å². The fourth-order valence-electron chi connectivity index (χ4n) is 1.82. The summed E-state index contributed by atoms with van der Waals surface area (Å²) in [6.45, 7) is 2.51. The van der Waals surface area contributed by atoms with Crippen LogP contribution in [-0.2, 0) is 4.79 Å². The zero-order valence-electron chi connectivity index (χ0n) is 11.3. The van der Waals surface area contributed by atoms with Gasteiger partial charge in [-0.05, 0) is 30.3 Å². The Hall–Kier alpha value is -2.70. The molecule has 0 atom stereocenters. The molecule has 0 spiro atoms. The molecule has 7 heteroatoms. The molecule has 0 unspecified atom stereocenters. The van der Waals surface area contributed by atoms with Crippen LogP contribution in [0.4, 0.5) is 26.0 Å². The highest BCUT2D eigenvalue weighted by Crippen LogP contribution is 2.29. The fourth-order valence-corrected chi connectivity index (χ4v) is 1.82. The molecule has 0 aliphatic rings. The molecule has 0 N–H and O–H groups in total. The van der Waals surface area contributed by atoms with Crippen molar-refractivity contribution in [2.24, 2.45) is 5.18 Å². The average molecular weight is 291 g/mol. The van der Waals surface area contributed by atoms with Crippen molar-refractivity contribution in [2.45, 2.75) is 13.8 Å². The van der Waals surface area contributed by atoms with Crippen LogP contribution in [0.1, 0.15) is 12.5 Å². The Morgan fingerprint density at radius 3 is 2.38 bits per heavy atom. The van der Waals surface area contributed by atoms with Crippen LogP contribution in [-0.4, -0.2) is 10.9 Å². The Kier molecular flexibility index (Phi) is 4.02. The van der Waals surface area contributed by atoms with E-state index in [1.54, 1.807) is 0 Å². The van der Waals surface area contributed by atoms with Crippen molar-refractivity contribution in [3.63, 3.8) is 0 Å². The van der Waals surface area contributed by atoms with Gasteiger partial charge >= 0.3 is 0 Å². The van der Waals surface area contributed by atoms with Crippen molar-refractivity contribution in [3.8, 4) is 0 Å². The number of hydrogen-bond acceptors (Lipinski definition) is 4. The second-order valence-corrected chi connectivity index (χ2v) is 4.35. The zero-order valence-corrected chi connectivity index (χ0v) is 11.3. The third-order valence-corrected chi connectivity index (χ3v) is 2.90. The number of pyridine rings is 1. The first-order valence-corrected chi connectivity index (χ1v) is 5.99. The summed E-state index contributed by atoms with van der Waals surface area (Å²) >= 11 is 0. The van der Waals surface area contributed by atoms with E-state index in [2.05, 4.69) is 10.2 Å². The predicted molar refractivity (Wildman–Crippen MR) is 73.6 cm³/mol. The number of rotatable bonds is 3. The maximum Gasteiger partial charge on any atom is 0.229 e. The largest absolute Gasteiger partial charge is 0.274 e. The number of halogens is 2. The quantitative estimate of drug-likeness (QED) is 0.809. The van der Waals surface area contributed by atoms with Gasteiger partial charge in [-0.1, -0.05) is 0 Å². The number of benzene rings is 1. The summed E-state index contributed by atoms with van der Waals surface area (Å²) in [7, 11) is 0. The molecule has 21 heavy (non-hydrogen) atoms. The minimum absolute atomic E-state index is 0.0151. The molecule has 0 radical (unpaired) electrons. The molecular formula is C14H11F2N3O2. The van der Waals surface area contributed by atoms with E-state index in [0.717, 1.165) is 17.0 Å². The monoisotopic (exact) mass is 291 g/mol. The molecule has 5 nitrogen and oxygen atoms in total. The number of amides is 1. The number of carbonyl (C=O) groups is 1. The summed E-state index contributed by atoms with van der Waals surface area (Å²) in [6.07, 6.45) is 1.28. The van der Waals surface area contributed by atoms with Crippen molar-refractivity contribution in [2.75, 3.05) is 4.90 Å². The maximum absolute atomic E-state index is 13.7. The van der Waals surface area contributed by atoms with E-state index in [-0.39, 0.29) is 22.8 Å². The Bertz CT molecular complexity index is 696. The lowest BCUT2D eigenvalue weighted by atomic mass is 10.2. The first-order chi connectivity index (χ1) is 9.93. The minimum atomic E-state index is -0.777. The molecule has 2 aromatic rings. The summed E-state index contributed by atoms with van der Waals surface area (Å²) in [5.41, 5.74) is -0.100. The fraction of sp³-hybridized carbons (Fsp3) is 0.143. The summed E-state index contributed by atoms with van der Waals surface area (Å²) in [4.78, 5) is 27.3. The molecule has 0 bridgehead atoms. The van der Waals surface area contributed by atoms with Gasteiger partial charge in [0.2, 0.25) is 5.91 Å². The van der Waals surface area contributed by atoms with E-state index in [9.17, 15) is 18.5 Å². The van der Waals surface area contributed by atoms with Crippen LogP contribution in [0.15, 0.2) is 35.6 Å². The van der Waals surface area contributed by atoms with Gasteiger partial charge in [0.15, 0.2) is 0 Å². The number of carbonyl (C=O) groups excluding carboxylic acids is 1. The Labute approximate surface area is 119 Å². The van der Waals surface area contributed by atoms with Crippen molar-refractivity contribution in [3.05, 3.63) is 52.6 Å². The molecule has 0 saturated heterocycles. The second-order valence-electron chi connectivity index (χ2n) is 4.35. The molecule has 1 amide bonds. The highest BCUT2D eigenvalue weighted by Gasteiger charge is 2.19. The van der Waals surface area contributed by atoms with Crippen LogP contribution >= 0.6 is 0 Å². The Balaban J connectivity index is 2.58. The molecular weight excluding hydrogens is 280 g/mol. The number of aromatic nitrogens is 1. The van der Waals surface area contributed by atoms with Gasteiger partial charge in [-0.15, -0.1) is 4.91 Å².